The van der Waals surface area contributed by atoms with Crippen LogP contribution in [-0.2, 0) is 17.6 Å². The molecule has 9 heteroatoms. The average molecular weight is 542 g/mol. The normalized spacial score (nSPS) is 13.7. The highest BCUT2D eigenvalue weighted by Crippen LogP contribution is 2.33. The summed E-state index contributed by atoms with van der Waals surface area (Å²) < 4.78 is 17.2. The molecule has 1 aliphatic rings. The van der Waals surface area contributed by atoms with Gasteiger partial charge in [0.15, 0.2) is 11.5 Å². The monoisotopic (exact) mass is 541 g/mol. The van der Waals surface area contributed by atoms with E-state index in [0.29, 0.717) is 41.5 Å². The van der Waals surface area contributed by atoms with Crippen LogP contribution in [0.1, 0.15) is 28.0 Å². The first-order valence-corrected chi connectivity index (χ1v) is 13.6. The van der Waals surface area contributed by atoms with Crippen molar-refractivity contribution in [2.45, 2.75) is 19.3 Å². The van der Waals surface area contributed by atoms with Crippen molar-refractivity contribution in [1.29, 1.82) is 0 Å². The number of rotatable bonds is 11. The number of amides is 1. The predicted octanol–water partition coefficient (Wildman–Crippen LogP) is 4.36. The first-order chi connectivity index (χ1) is 19.6. The van der Waals surface area contributed by atoms with Gasteiger partial charge in [-0.3, -0.25) is 9.69 Å². The lowest BCUT2D eigenvalue weighted by atomic mass is 10.0. The standard InChI is InChI=1S/C31H35N5O4/c1-38-29-20-28-24(19-30(29)40-16-4-13-36-14-17-39-18-15-36)26(33-21-34-28)12-9-22-7-10-23(11-8-22)31(37)35-27-6-3-2-5-25(27)32/h2-3,5-8,10-11,19-21H,4,9,12-18,32H2,1H3,(H,35,37). The van der Waals surface area contributed by atoms with Gasteiger partial charge in [0, 0.05) is 36.7 Å². The topological polar surface area (TPSA) is 112 Å². The van der Waals surface area contributed by atoms with Crippen molar-refractivity contribution in [3.63, 3.8) is 0 Å². The van der Waals surface area contributed by atoms with Gasteiger partial charge in [-0.15, -0.1) is 0 Å². The highest BCUT2D eigenvalue weighted by molar-refractivity contribution is 6.05. The van der Waals surface area contributed by atoms with E-state index in [2.05, 4.69) is 20.2 Å². The molecule has 0 aliphatic carbocycles. The van der Waals surface area contributed by atoms with Crippen molar-refractivity contribution in [1.82, 2.24) is 14.9 Å². The van der Waals surface area contributed by atoms with Gasteiger partial charge in [-0.2, -0.15) is 0 Å². The van der Waals surface area contributed by atoms with Crippen LogP contribution < -0.4 is 20.5 Å². The minimum atomic E-state index is -0.197. The third-order valence-corrected chi connectivity index (χ3v) is 7.06. The highest BCUT2D eigenvalue weighted by atomic mass is 16.5. The Balaban J connectivity index is 1.22. The summed E-state index contributed by atoms with van der Waals surface area (Å²) >= 11 is 0. The molecule has 0 saturated carbocycles. The number of ether oxygens (including phenoxy) is 3. The molecule has 4 aromatic rings. The molecular weight excluding hydrogens is 506 g/mol. The number of nitrogens with two attached hydrogens (primary N) is 1. The predicted molar refractivity (Wildman–Crippen MR) is 156 cm³/mol. The number of para-hydroxylation sites is 2. The zero-order valence-corrected chi connectivity index (χ0v) is 22.8. The highest BCUT2D eigenvalue weighted by Gasteiger charge is 2.14. The smallest absolute Gasteiger partial charge is 0.255 e. The molecule has 3 aromatic carbocycles. The van der Waals surface area contributed by atoms with Crippen LogP contribution in [0.15, 0.2) is 67.0 Å². The van der Waals surface area contributed by atoms with E-state index in [1.54, 1.807) is 25.6 Å². The van der Waals surface area contributed by atoms with Gasteiger partial charge in [0.1, 0.15) is 6.33 Å². The Morgan fingerprint density at radius 1 is 1.02 bits per heavy atom. The molecule has 0 radical (unpaired) electrons. The van der Waals surface area contributed by atoms with Crippen molar-refractivity contribution in [2.75, 3.05) is 57.6 Å². The molecule has 1 aromatic heterocycles. The van der Waals surface area contributed by atoms with E-state index in [1.807, 2.05) is 48.5 Å². The summed E-state index contributed by atoms with van der Waals surface area (Å²) in [4.78, 5) is 24.1. The fourth-order valence-electron chi connectivity index (χ4n) is 4.77. The lowest BCUT2D eigenvalue weighted by molar-refractivity contribution is 0.0357. The summed E-state index contributed by atoms with van der Waals surface area (Å²) in [5.74, 6) is 1.16. The minimum Gasteiger partial charge on any atom is -0.493 e. The molecule has 40 heavy (non-hydrogen) atoms. The number of methoxy groups -OCH3 is 1. The number of aryl methyl sites for hydroxylation is 2. The number of hydrogen-bond acceptors (Lipinski definition) is 8. The molecule has 0 atom stereocenters. The summed E-state index contributed by atoms with van der Waals surface area (Å²) in [7, 11) is 1.64. The van der Waals surface area contributed by atoms with Crippen LogP contribution in [0.5, 0.6) is 11.5 Å². The van der Waals surface area contributed by atoms with Gasteiger partial charge in [-0.05, 0) is 55.2 Å². The lowest BCUT2D eigenvalue weighted by Crippen LogP contribution is -2.37. The SMILES string of the molecule is COc1cc2ncnc(CCc3ccc(C(=O)Nc4ccccc4N)cc3)c2cc1OCCCN1CCOCC1. The molecule has 208 valence electrons. The largest absolute Gasteiger partial charge is 0.493 e. The van der Waals surface area contributed by atoms with Crippen LogP contribution in [0.2, 0.25) is 0 Å². The number of nitrogen functional groups attached to an aromatic ring is 1. The van der Waals surface area contributed by atoms with E-state index in [9.17, 15) is 4.79 Å². The van der Waals surface area contributed by atoms with Crippen molar-refractivity contribution in [3.05, 3.63) is 83.8 Å². The number of hydrogen-bond donors (Lipinski definition) is 2. The zero-order chi connectivity index (χ0) is 27.7. The lowest BCUT2D eigenvalue weighted by Gasteiger charge is -2.26. The Labute approximate surface area is 234 Å². The number of fused-ring (bicyclic) bond motifs is 1. The zero-order valence-electron chi connectivity index (χ0n) is 22.8. The summed E-state index contributed by atoms with van der Waals surface area (Å²) in [5, 5.41) is 3.81. The Kier molecular flexibility index (Phi) is 9.05. The van der Waals surface area contributed by atoms with E-state index in [-0.39, 0.29) is 5.91 Å². The number of aromatic nitrogens is 2. The van der Waals surface area contributed by atoms with Crippen LogP contribution in [0.3, 0.4) is 0 Å². The van der Waals surface area contributed by atoms with E-state index >= 15 is 0 Å². The Hall–Kier alpha value is -4.21. The van der Waals surface area contributed by atoms with Crippen molar-refractivity contribution < 1.29 is 19.0 Å². The van der Waals surface area contributed by atoms with Gasteiger partial charge in [-0.1, -0.05) is 24.3 Å². The van der Waals surface area contributed by atoms with E-state index < -0.39 is 0 Å². The van der Waals surface area contributed by atoms with Crippen LogP contribution in [0, 0.1) is 0 Å². The fourth-order valence-corrected chi connectivity index (χ4v) is 4.77. The van der Waals surface area contributed by atoms with Crippen LogP contribution >= 0.6 is 0 Å². The Morgan fingerprint density at radius 3 is 2.60 bits per heavy atom. The second-order valence-electron chi connectivity index (χ2n) is 9.73. The van der Waals surface area contributed by atoms with E-state index in [0.717, 1.165) is 67.8 Å². The molecule has 9 nitrogen and oxygen atoms in total. The van der Waals surface area contributed by atoms with Crippen LogP contribution in [0.25, 0.3) is 10.9 Å². The fraction of sp³-hybridized carbons (Fsp3) is 0.323. The number of morpholine rings is 1. The number of carbonyl (C=O) groups excluding carboxylic acids is 1. The summed E-state index contributed by atoms with van der Waals surface area (Å²) in [6.45, 7) is 5.11. The number of anilines is 2. The second kappa shape index (κ2) is 13.2. The second-order valence-corrected chi connectivity index (χ2v) is 9.73. The van der Waals surface area contributed by atoms with Gasteiger partial charge in [0.25, 0.3) is 5.91 Å². The molecule has 1 aliphatic heterocycles. The van der Waals surface area contributed by atoms with Gasteiger partial charge in [0.2, 0.25) is 0 Å². The Bertz CT molecular complexity index is 1440. The quantitative estimate of drug-likeness (QED) is 0.213. The van der Waals surface area contributed by atoms with Crippen LogP contribution in [-0.4, -0.2) is 67.3 Å². The summed E-state index contributed by atoms with van der Waals surface area (Å²) in [6, 6.07) is 18.7. The average Bonchev–Trinajstić information content (AvgIpc) is 2.99. The molecule has 5 rings (SSSR count). The van der Waals surface area contributed by atoms with E-state index in [4.69, 9.17) is 19.9 Å². The summed E-state index contributed by atoms with van der Waals surface area (Å²) in [5.41, 5.74) is 10.5. The first-order valence-electron chi connectivity index (χ1n) is 13.6. The van der Waals surface area contributed by atoms with Crippen LogP contribution in [0.4, 0.5) is 11.4 Å². The van der Waals surface area contributed by atoms with Crippen molar-refractivity contribution in [2.24, 2.45) is 0 Å². The molecule has 0 bridgehead atoms. The van der Waals surface area contributed by atoms with Gasteiger partial charge < -0.3 is 25.3 Å². The first kappa shape index (κ1) is 27.4. The van der Waals surface area contributed by atoms with Crippen molar-refractivity contribution >= 4 is 28.2 Å². The number of nitrogens with one attached hydrogen (secondary N) is 1. The van der Waals surface area contributed by atoms with Gasteiger partial charge >= 0.3 is 0 Å². The number of benzene rings is 3. The molecule has 1 saturated heterocycles. The minimum absolute atomic E-state index is 0.197. The van der Waals surface area contributed by atoms with Gasteiger partial charge in [0.05, 0.1) is 49.5 Å². The maximum absolute atomic E-state index is 12.6. The molecule has 3 N–H and O–H groups in total. The Morgan fingerprint density at radius 2 is 1.82 bits per heavy atom. The molecular formula is C31H35N5O4. The number of nitrogens with zero attached hydrogens (tertiary/aromatic N) is 3. The maximum Gasteiger partial charge on any atom is 0.255 e. The maximum atomic E-state index is 12.6. The molecule has 2 heterocycles. The number of carbonyl (C=O) groups is 1. The molecule has 0 unspecified atom stereocenters. The van der Waals surface area contributed by atoms with E-state index in [1.165, 1.54) is 0 Å². The molecule has 1 amide bonds. The molecule has 0 spiro atoms. The third-order valence-electron chi connectivity index (χ3n) is 7.06. The molecule has 1 fully saturated rings. The van der Waals surface area contributed by atoms with Gasteiger partial charge in [-0.25, -0.2) is 9.97 Å². The third kappa shape index (κ3) is 6.86. The van der Waals surface area contributed by atoms with Crippen molar-refractivity contribution in [3.8, 4) is 11.5 Å². The summed E-state index contributed by atoms with van der Waals surface area (Å²) in [6.07, 6.45) is 3.99.